The van der Waals surface area contributed by atoms with Gasteiger partial charge in [-0.15, -0.1) is 0 Å². The van der Waals surface area contributed by atoms with E-state index in [2.05, 4.69) is 10.5 Å². The summed E-state index contributed by atoms with van der Waals surface area (Å²) in [5.74, 6) is 0.114. The molecule has 3 rings (SSSR count). The van der Waals surface area contributed by atoms with Gasteiger partial charge in [0.05, 0.1) is 31.7 Å². The second kappa shape index (κ2) is 10.6. The monoisotopic (exact) mass is 528 g/mol. The lowest BCUT2D eigenvalue weighted by Gasteiger charge is -2.11. The molecule has 0 saturated heterocycles. The van der Waals surface area contributed by atoms with E-state index in [-0.39, 0.29) is 33.8 Å². The molecule has 0 spiro atoms. The Morgan fingerprint density at radius 2 is 1.69 bits per heavy atom. The summed E-state index contributed by atoms with van der Waals surface area (Å²) in [6, 6.07) is 10.6. The van der Waals surface area contributed by atoms with E-state index in [1.54, 1.807) is 6.07 Å². The molecule has 182 valence electrons. The van der Waals surface area contributed by atoms with Gasteiger partial charge in [-0.05, 0) is 35.4 Å². The van der Waals surface area contributed by atoms with Gasteiger partial charge < -0.3 is 4.74 Å². The summed E-state index contributed by atoms with van der Waals surface area (Å²) in [5.41, 5.74) is 0.856. The van der Waals surface area contributed by atoms with Crippen LogP contribution in [0.3, 0.4) is 0 Å². The lowest BCUT2D eigenvalue weighted by Crippen LogP contribution is -2.06. The van der Waals surface area contributed by atoms with Gasteiger partial charge in [-0.1, -0.05) is 35.3 Å². The molecule has 0 amide bonds. The molecule has 0 heterocycles. The van der Waals surface area contributed by atoms with E-state index in [4.69, 9.17) is 27.9 Å². The molecule has 0 aliphatic rings. The fourth-order valence-electron chi connectivity index (χ4n) is 2.84. The molecule has 0 atom stereocenters. The molecule has 0 saturated carbocycles. The molecule has 3 aromatic rings. The first-order chi connectivity index (χ1) is 16.5. The number of nitrogens with zero attached hydrogens (tertiary/aromatic N) is 3. The second-order valence-electron chi connectivity index (χ2n) is 6.89. The van der Waals surface area contributed by atoms with Gasteiger partial charge in [0.2, 0.25) is 0 Å². The maximum absolute atomic E-state index is 12.8. The number of rotatable bonds is 8. The molecule has 0 aromatic heterocycles. The molecule has 1 N–H and O–H groups in total. The Labute approximate surface area is 205 Å². The fourth-order valence-corrected chi connectivity index (χ4v) is 3.45. The van der Waals surface area contributed by atoms with Crippen molar-refractivity contribution in [3.8, 4) is 5.75 Å². The fraction of sp³-hybridized carbons (Fsp3) is 0.0952. The highest BCUT2D eigenvalue weighted by Crippen LogP contribution is 2.36. The van der Waals surface area contributed by atoms with Crippen molar-refractivity contribution in [1.82, 2.24) is 0 Å². The quantitative estimate of drug-likeness (QED) is 0.194. The number of anilines is 1. The number of halogens is 5. The second-order valence-corrected chi connectivity index (χ2v) is 7.70. The molecule has 14 heteroatoms. The number of ether oxygens (including phenoxy) is 1. The zero-order valence-corrected chi connectivity index (χ0v) is 18.8. The topological polar surface area (TPSA) is 120 Å². The number of hydrogen-bond acceptors (Lipinski definition) is 7. The molecule has 3 aromatic carbocycles. The molecule has 9 nitrogen and oxygen atoms in total. The Kier molecular flexibility index (Phi) is 7.77. The zero-order chi connectivity index (χ0) is 25.8. The largest absolute Gasteiger partial charge is 0.486 e. The number of hydrogen-bond donors (Lipinski definition) is 1. The molecule has 0 aliphatic carbocycles. The van der Waals surface area contributed by atoms with Gasteiger partial charge in [0.25, 0.3) is 11.4 Å². The highest BCUT2D eigenvalue weighted by atomic mass is 35.5. The average molecular weight is 529 g/mol. The maximum atomic E-state index is 12.8. The number of alkyl halides is 3. The Bertz CT molecular complexity index is 1300. The minimum atomic E-state index is -4.74. The molecule has 0 aliphatic heterocycles. The van der Waals surface area contributed by atoms with Crippen molar-refractivity contribution in [2.45, 2.75) is 12.8 Å². The third kappa shape index (κ3) is 6.58. The van der Waals surface area contributed by atoms with Crippen LogP contribution in [0, 0.1) is 20.2 Å². The number of nitrogens with one attached hydrogen (secondary N) is 1. The van der Waals surface area contributed by atoms with E-state index < -0.39 is 27.3 Å². The van der Waals surface area contributed by atoms with Crippen LogP contribution in [-0.4, -0.2) is 16.1 Å². The van der Waals surface area contributed by atoms with Crippen LogP contribution < -0.4 is 10.2 Å². The van der Waals surface area contributed by atoms with Crippen LogP contribution in [0.2, 0.25) is 10.0 Å². The molecule has 0 radical (unpaired) electrons. The van der Waals surface area contributed by atoms with Crippen molar-refractivity contribution >= 4 is 46.5 Å². The van der Waals surface area contributed by atoms with E-state index in [0.717, 1.165) is 6.07 Å². The van der Waals surface area contributed by atoms with Crippen LogP contribution in [0.4, 0.5) is 30.2 Å². The van der Waals surface area contributed by atoms with E-state index >= 15 is 0 Å². The molecule has 0 fully saturated rings. The van der Waals surface area contributed by atoms with Crippen molar-refractivity contribution in [3.05, 3.63) is 102 Å². The van der Waals surface area contributed by atoms with Crippen LogP contribution in [0.5, 0.6) is 5.75 Å². The average Bonchev–Trinajstić information content (AvgIpc) is 2.78. The summed E-state index contributed by atoms with van der Waals surface area (Å²) in [6.07, 6.45) is -3.54. The van der Waals surface area contributed by atoms with Gasteiger partial charge in [-0.3, -0.25) is 25.7 Å². The van der Waals surface area contributed by atoms with Crippen molar-refractivity contribution in [1.29, 1.82) is 0 Å². The first-order valence-electron chi connectivity index (χ1n) is 9.45. The third-order valence-electron chi connectivity index (χ3n) is 4.45. The van der Waals surface area contributed by atoms with Gasteiger partial charge in [-0.25, -0.2) is 0 Å². The summed E-state index contributed by atoms with van der Waals surface area (Å²) >= 11 is 12.4. The summed E-state index contributed by atoms with van der Waals surface area (Å²) in [6.45, 7) is -0.0479. The number of non-ortho nitro benzene ring substituents is 1. The van der Waals surface area contributed by atoms with Crippen LogP contribution in [0.25, 0.3) is 0 Å². The van der Waals surface area contributed by atoms with Gasteiger partial charge in [-0.2, -0.15) is 18.3 Å². The molecular formula is C21H13Cl2F3N4O5. The van der Waals surface area contributed by atoms with Gasteiger partial charge in [0.1, 0.15) is 12.3 Å². The van der Waals surface area contributed by atoms with Crippen molar-refractivity contribution in [2.24, 2.45) is 5.10 Å². The van der Waals surface area contributed by atoms with E-state index in [1.165, 1.54) is 36.5 Å². The minimum Gasteiger partial charge on any atom is -0.486 e. The van der Waals surface area contributed by atoms with Crippen LogP contribution >= 0.6 is 23.2 Å². The Morgan fingerprint density at radius 1 is 1.00 bits per heavy atom. The summed E-state index contributed by atoms with van der Waals surface area (Å²) in [5, 5.41) is 26.0. The van der Waals surface area contributed by atoms with Crippen molar-refractivity contribution < 1.29 is 27.8 Å². The highest BCUT2D eigenvalue weighted by molar-refractivity contribution is 6.37. The first-order valence-corrected chi connectivity index (χ1v) is 10.2. The predicted octanol–water partition coefficient (Wildman–Crippen LogP) is 6.85. The SMILES string of the molecule is O=[N+]([O-])c1cccc(COc2c(Cl)cc(/C=N\Nc3ccc(C(F)(F)F)cc3[N+](=O)[O-])cc2Cl)c1. The van der Waals surface area contributed by atoms with E-state index in [9.17, 15) is 33.4 Å². The predicted molar refractivity (Wildman–Crippen MR) is 123 cm³/mol. The first kappa shape index (κ1) is 25.7. The maximum Gasteiger partial charge on any atom is 0.416 e. The molecule has 0 bridgehead atoms. The van der Waals surface area contributed by atoms with Crippen LogP contribution in [0.15, 0.2) is 59.7 Å². The molecule has 35 heavy (non-hydrogen) atoms. The Hall–Kier alpha value is -3.90. The van der Waals surface area contributed by atoms with Crippen molar-refractivity contribution in [2.75, 3.05) is 5.43 Å². The van der Waals surface area contributed by atoms with Crippen molar-refractivity contribution in [3.63, 3.8) is 0 Å². The number of nitro benzene ring substituents is 2. The van der Waals surface area contributed by atoms with Crippen LogP contribution in [-0.2, 0) is 12.8 Å². The zero-order valence-electron chi connectivity index (χ0n) is 17.3. The van der Waals surface area contributed by atoms with Gasteiger partial charge in [0.15, 0.2) is 5.75 Å². The summed E-state index contributed by atoms with van der Waals surface area (Å²) in [7, 11) is 0. The molecular weight excluding hydrogens is 516 g/mol. The number of benzene rings is 3. The normalized spacial score (nSPS) is 11.5. The van der Waals surface area contributed by atoms with E-state index in [0.29, 0.717) is 23.3 Å². The minimum absolute atomic E-state index is 0.0479. The summed E-state index contributed by atoms with van der Waals surface area (Å²) < 4.78 is 44.0. The van der Waals surface area contributed by atoms with Gasteiger partial charge >= 0.3 is 6.18 Å². The standard InChI is InChI=1S/C21H13Cl2F3N4O5/c22-16-7-13(8-17(23)20(16)35-11-12-2-1-3-15(6-12)29(31)32)10-27-28-18-5-4-14(21(24,25)26)9-19(18)30(33)34/h1-10,28H,11H2/b27-10-. The number of nitro groups is 2. The molecule has 0 unspecified atom stereocenters. The third-order valence-corrected chi connectivity index (χ3v) is 5.01. The lowest BCUT2D eigenvalue weighted by atomic mass is 10.1. The number of hydrazone groups is 1. The Morgan fingerprint density at radius 3 is 2.29 bits per heavy atom. The van der Waals surface area contributed by atoms with Crippen LogP contribution in [0.1, 0.15) is 16.7 Å². The van der Waals surface area contributed by atoms with E-state index in [1.807, 2.05) is 0 Å². The lowest BCUT2D eigenvalue weighted by molar-refractivity contribution is -0.385. The van der Waals surface area contributed by atoms with Gasteiger partial charge in [0, 0.05) is 18.2 Å². The highest BCUT2D eigenvalue weighted by Gasteiger charge is 2.33. The Balaban J connectivity index is 1.73. The smallest absolute Gasteiger partial charge is 0.416 e. The summed E-state index contributed by atoms with van der Waals surface area (Å²) in [4.78, 5) is 20.5.